The fourth-order valence-corrected chi connectivity index (χ4v) is 3.29. The number of fused-ring (bicyclic) bond motifs is 1. The minimum absolute atomic E-state index is 0.377. The molecule has 3 rings (SSSR count). The predicted octanol–water partition coefficient (Wildman–Crippen LogP) is 2.08. The lowest BCUT2D eigenvalue weighted by Crippen LogP contribution is -2.20. The molecule has 15 heavy (non-hydrogen) atoms. The normalized spacial score (nSPS) is 24.1. The maximum Gasteiger partial charge on any atom is 0.124 e. The molecule has 0 amide bonds. The molecule has 0 spiro atoms. The number of hydrogen-bond acceptors (Lipinski definition) is 3. The highest BCUT2D eigenvalue weighted by Gasteiger charge is 2.20. The fraction of sp³-hybridized carbons (Fsp3) is 0.500. The van der Waals surface area contributed by atoms with Crippen molar-refractivity contribution in [1.82, 2.24) is 5.32 Å². The van der Waals surface area contributed by atoms with Gasteiger partial charge in [-0.25, -0.2) is 0 Å². The molecule has 2 heterocycles. The van der Waals surface area contributed by atoms with Crippen molar-refractivity contribution in [3.63, 3.8) is 0 Å². The summed E-state index contributed by atoms with van der Waals surface area (Å²) in [6.07, 6.45) is 2.68. The van der Waals surface area contributed by atoms with Crippen molar-refractivity contribution in [2.24, 2.45) is 0 Å². The molecule has 1 atom stereocenters. The van der Waals surface area contributed by atoms with Crippen molar-refractivity contribution in [2.75, 3.05) is 18.8 Å². The molecule has 0 bridgehead atoms. The summed E-state index contributed by atoms with van der Waals surface area (Å²) in [6.45, 7) is 2.09. The molecule has 2 aliphatic heterocycles. The molecule has 0 radical (unpaired) electrons. The summed E-state index contributed by atoms with van der Waals surface area (Å²) in [5, 5.41) is 3.33. The van der Waals surface area contributed by atoms with Gasteiger partial charge in [-0.2, -0.15) is 0 Å². The Hall–Kier alpha value is -0.670. The second-order valence-corrected chi connectivity index (χ2v) is 5.20. The lowest BCUT2D eigenvalue weighted by molar-refractivity contribution is 0.220. The second-order valence-electron chi connectivity index (χ2n) is 4.06. The average molecular weight is 221 g/mol. The molecule has 2 nitrogen and oxygen atoms in total. The molecule has 1 aromatic carbocycles. The van der Waals surface area contributed by atoms with Gasteiger partial charge >= 0.3 is 0 Å². The van der Waals surface area contributed by atoms with Gasteiger partial charge in [-0.15, -0.1) is 11.8 Å². The van der Waals surface area contributed by atoms with E-state index in [0.717, 1.165) is 31.7 Å². The van der Waals surface area contributed by atoms with E-state index < -0.39 is 0 Å². The fourth-order valence-electron chi connectivity index (χ4n) is 2.21. The summed E-state index contributed by atoms with van der Waals surface area (Å²) in [5.74, 6) is 2.32. The Morgan fingerprint density at radius 1 is 1.40 bits per heavy atom. The first-order chi connectivity index (χ1) is 7.43. The highest BCUT2D eigenvalue weighted by molar-refractivity contribution is 7.99. The van der Waals surface area contributed by atoms with Gasteiger partial charge in [-0.05, 0) is 31.5 Å². The first kappa shape index (κ1) is 9.55. The lowest BCUT2D eigenvalue weighted by atomic mass is 10.1. The van der Waals surface area contributed by atoms with E-state index in [4.69, 9.17) is 4.74 Å². The van der Waals surface area contributed by atoms with Crippen LogP contribution in [0.25, 0.3) is 0 Å². The van der Waals surface area contributed by atoms with Gasteiger partial charge in [0.05, 0.1) is 0 Å². The van der Waals surface area contributed by atoms with E-state index >= 15 is 0 Å². The molecular weight excluding hydrogens is 206 g/mol. The minimum atomic E-state index is 0.377. The lowest BCUT2D eigenvalue weighted by Gasteiger charge is -2.15. The summed E-state index contributed by atoms with van der Waals surface area (Å²) in [4.78, 5) is 1.42. The monoisotopic (exact) mass is 221 g/mol. The maximum absolute atomic E-state index is 6.04. The summed E-state index contributed by atoms with van der Waals surface area (Å²) in [6, 6.07) is 6.42. The van der Waals surface area contributed by atoms with Gasteiger partial charge < -0.3 is 10.1 Å². The van der Waals surface area contributed by atoms with Gasteiger partial charge in [0.15, 0.2) is 0 Å². The van der Waals surface area contributed by atoms with Crippen LogP contribution in [0.4, 0.5) is 0 Å². The molecule has 3 heteroatoms. The van der Waals surface area contributed by atoms with Crippen molar-refractivity contribution in [3.05, 3.63) is 23.8 Å². The molecule has 0 aromatic heterocycles. The van der Waals surface area contributed by atoms with Crippen LogP contribution in [0.2, 0.25) is 0 Å². The number of rotatable bonds is 2. The van der Waals surface area contributed by atoms with E-state index in [1.165, 1.54) is 16.2 Å². The van der Waals surface area contributed by atoms with E-state index in [9.17, 15) is 0 Å². The third-order valence-electron chi connectivity index (χ3n) is 3.01. The highest BCUT2D eigenvalue weighted by Crippen LogP contribution is 2.37. The van der Waals surface area contributed by atoms with Gasteiger partial charge in [-0.1, -0.05) is 6.07 Å². The Labute approximate surface area is 94.4 Å². The van der Waals surface area contributed by atoms with Crippen molar-refractivity contribution in [2.45, 2.75) is 23.8 Å². The highest BCUT2D eigenvalue weighted by atomic mass is 32.2. The average Bonchev–Trinajstić information content (AvgIpc) is 2.87. The van der Waals surface area contributed by atoms with Crippen LogP contribution in [-0.2, 0) is 6.42 Å². The summed E-state index contributed by atoms with van der Waals surface area (Å²) in [7, 11) is 0. The van der Waals surface area contributed by atoms with Crippen LogP contribution >= 0.6 is 11.8 Å². The molecule has 1 aromatic rings. The van der Waals surface area contributed by atoms with Gasteiger partial charge in [0.2, 0.25) is 0 Å². The van der Waals surface area contributed by atoms with Crippen LogP contribution in [0.5, 0.6) is 5.75 Å². The zero-order chi connectivity index (χ0) is 10.1. The number of thioether (sulfide) groups is 1. The SMILES string of the molecule is c1cc(OC2CCNC2)c2c(c1)SCC2. The molecule has 1 saturated heterocycles. The zero-order valence-corrected chi connectivity index (χ0v) is 9.48. The van der Waals surface area contributed by atoms with E-state index in [-0.39, 0.29) is 0 Å². The quantitative estimate of drug-likeness (QED) is 0.826. The third kappa shape index (κ3) is 1.86. The molecule has 1 fully saturated rings. The number of ether oxygens (including phenoxy) is 1. The molecule has 0 saturated carbocycles. The van der Waals surface area contributed by atoms with Crippen molar-refractivity contribution in [3.8, 4) is 5.75 Å². The van der Waals surface area contributed by atoms with Crippen LogP contribution in [0.1, 0.15) is 12.0 Å². The topological polar surface area (TPSA) is 21.3 Å². The zero-order valence-electron chi connectivity index (χ0n) is 8.66. The maximum atomic E-state index is 6.04. The molecular formula is C12H15NOS. The Morgan fingerprint density at radius 3 is 3.27 bits per heavy atom. The van der Waals surface area contributed by atoms with E-state index in [1.807, 2.05) is 11.8 Å². The van der Waals surface area contributed by atoms with Crippen molar-refractivity contribution < 1.29 is 4.74 Å². The first-order valence-corrected chi connectivity index (χ1v) is 6.54. The predicted molar refractivity (Wildman–Crippen MR) is 62.8 cm³/mol. The van der Waals surface area contributed by atoms with Crippen molar-refractivity contribution >= 4 is 11.8 Å². The number of benzene rings is 1. The van der Waals surface area contributed by atoms with Crippen LogP contribution < -0.4 is 10.1 Å². The Balaban J connectivity index is 1.82. The molecule has 2 aliphatic rings. The first-order valence-electron chi connectivity index (χ1n) is 5.55. The van der Waals surface area contributed by atoms with E-state index in [2.05, 4.69) is 23.5 Å². The molecule has 0 aliphatic carbocycles. The van der Waals surface area contributed by atoms with Gasteiger partial charge in [0.25, 0.3) is 0 Å². The standard InChI is InChI=1S/C12H15NOS/c1-2-11(14-9-4-6-13-8-9)10-5-7-15-12(10)3-1/h1-3,9,13H,4-8H2. The molecule has 1 N–H and O–H groups in total. The van der Waals surface area contributed by atoms with Gasteiger partial charge in [-0.3, -0.25) is 0 Å². The Morgan fingerprint density at radius 2 is 2.40 bits per heavy atom. The van der Waals surface area contributed by atoms with E-state index in [1.54, 1.807) is 0 Å². The van der Waals surface area contributed by atoms with Gasteiger partial charge in [0, 0.05) is 22.8 Å². The minimum Gasteiger partial charge on any atom is -0.489 e. The number of hydrogen-bond donors (Lipinski definition) is 1. The Bertz CT molecular complexity index is 361. The molecule has 1 unspecified atom stereocenters. The second kappa shape index (κ2) is 4.06. The van der Waals surface area contributed by atoms with Gasteiger partial charge in [0.1, 0.15) is 11.9 Å². The van der Waals surface area contributed by atoms with Crippen LogP contribution in [0.15, 0.2) is 23.1 Å². The number of nitrogens with one attached hydrogen (secondary N) is 1. The van der Waals surface area contributed by atoms with E-state index in [0.29, 0.717) is 6.10 Å². The summed E-state index contributed by atoms with van der Waals surface area (Å²) in [5.41, 5.74) is 1.43. The van der Waals surface area contributed by atoms with Crippen LogP contribution in [0.3, 0.4) is 0 Å². The Kier molecular flexibility index (Phi) is 2.59. The molecule has 80 valence electrons. The van der Waals surface area contributed by atoms with Crippen LogP contribution in [-0.4, -0.2) is 24.9 Å². The smallest absolute Gasteiger partial charge is 0.124 e. The largest absolute Gasteiger partial charge is 0.489 e. The van der Waals surface area contributed by atoms with Crippen LogP contribution in [0, 0.1) is 0 Å². The third-order valence-corrected chi connectivity index (χ3v) is 4.11. The summed E-state index contributed by atoms with van der Waals surface area (Å²) < 4.78 is 6.04. The summed E-state index contributed by atoms with van der Waals surface area (Å²) >= 11 is 1.94. The van der Waals surface area contributed by atoms with Crippen molar-refractivity contribution in [1.29, 1.82) is 0 Å².